The molecule has 4 nitrogen and oxygen atoms in total. The molecule has 0 aliphatic heterocycles. The fourth-order valence-corrected chi connectivity index (χ4v) is 1.38. The van der Waals surface area contributed by atoms with Gasteiger partial charge in [-0.2, -0.15) is 0 Å². The average Bonchev–Trinajstić information content (AvgIpc) is 2.30. The lowest BCUT2D eigenvalue weighted by atomic mass is 10.0. The monoisotopic (exact) mass is 227 g/mol. The molecule has 88 valence electrons. The molecule has 1 aromatic carbocycles. The van der Waals surface area contributed by atoms with Crippen LogP contribution in [0.25, 0.3) is 0 Å². The van der Waals surface area contributed by atoms with E-state index in [-0.39, 0.29) is 12.0 Å². The van der Waals surface area contributed by atoms with Crippen LogP contribution >= 0.6 is 0 Å². The number of esters is 1. The Morgan fingerprint density at radius 1 is 1.50 bits per heavy atom. The molecule has 0 heterocycles. The van der Waals surface area contributed by atoms with Crippen molar-refractivity contribution in [1.82, 2.24) is 0 Å². The molecule has 1 rings (SSSR count). The third kappa shape index (κ3) is 2.70. The second kappa shape index (κ2) is 5.46. The van der Waals surface area contributed by atoms with Gasteiger partial charge >= 0.3 is 5.97 Å². The molecule has 0 radical (unpaired) electrons. The van der Waals surface area contributed by atoms with Gasteiger partial charge in [0, 0.05) is 12.0 Å². The fraction of sp³-hybridized carbons (Fsp3) is 0.364. The molecule has 1 aromatic rings. The third-order valence-electron chi connectivity index (χ3n) is 2.22. The van der Waals surface area contributed by atoms with Crippen LogP contribution < -0.4 is 10.5 Å². The van der Waals surface area contributed by atoms with Gasteiger partial charge in [-0.3, -0.25) is 4.79 Å². The van der Waals surface area contributed by atoms with Crippen LogP contribution in [-0.2, 0) is 16.0 Å². The van der Waals surface area contributed by atoms with Crippen molar-refractivity contribution in [2.75, 3.05) is 14.2 Å². The Balaban J connectivity index is 2.91. The Kier molecular flexibility index (Phi) is 4.25. The molecule has 0 saturated carbocycles. The first-order chi connectivity index (χ1) is 7.60. The number of carbonyl (C=O) groups is 1. The minimum atomic E-state index is -0.893. The lowest BCUT2D eigenvalue weighted by Crippen LogP contribution is -2.34. The summed E-state index contributed by atoms with van der Waals surface area (Å²) in [6, 6.07) is 3.54. The summed E-state index contributed by atoms with van der Waals surface area (Å²) in [6.07, 6.45) is 0.0442. The van der Waals surface area contributed by atoms with E-state index < -0.39 is 17.8 Å². The molecule has 1 atom stereocenters. The Labute approximate surface area is 93.2 Å². The van der Waals surface area contributed by atoms with Crippen molar-refractivity contribution in [3.8, 4) is 5.75 Å². The van der Waals surface area contributed by atoms with Gasteiger partial charge in [0.05, 0.1) is 14.2 Å². The molecule has 0 spiro atoms. The summed E-state index contributed by atoms with van der Waals surface area (Å²) in [4.78, 5) is 11.1. The highest BCUT2D eigenvalue weighted by molar-refractivity contribution is 5.75. The molecule has 0 aliphatic rings. The number of halogens is 1. The molecule has 0 unspecified atom stereocenters. The maximum atomic E-state index is 13.5. The van der Waals surface area contributed by atoms with E-state index in [4.69, 9.17) is 10.5 Å². The standard InChI is InChI=1S/C11H14FNO3/c1-15-10-5-3-4-8(12)7(10)6-9(13)11(14)16-2/h3-5,9H,6,13H2,1-2H3/t9-/m1/s1. The second-order valence-corrected chi connectivity index (χ2v) is 3.25. The number of nitrogens with two attached hydrogens (primary N) is 1. The van der Waals surface area contributed by atoms with Crippen LogP contribution in [0.4, 0.5) is 4.39 Å². The molecule has 16 heavy (non-hydrogen) atoms. The van der Waals surface area contributed by atoms with Gasteiger partial charge in [0.2, 0.25) is 0 Å². The van der Waals surface area contributed by atoms with Crippen LogP contribution in [0.2, 0.25) is 0 Å². The lowest BCUT2D eigenvalue weighted by Gasteiger charge is -2.13. The van der Waals surface area contributed by atoms with Crippen molar-refractivity contribution >= 4 is 5.97 Å². The molecular formula is C11H14FNO3. The van der Waals surface area contributed by atoms with Crippen LogP contribution in [0, 0.1) is 5.82 Å². The smallest absolute Gasteiger partial charge is 0.322 e. The molecule has 0 aromatic heterocycles. The molecule has 0 fully saturated rings. The van der Waals surface area contributed by atoms with Gasteiger partial charge in [-0.25, -0.2) is 4.39 Å². The largest absolute Gasteiger partial charge is 0.496 e. The normalized spacial score (nSPS) is 12.0. The first-order valence-corrected chi connectivity index (χ1v) is 4.75. The summed E-state index contributed by atoms with van der Waals surface area (Å²) in [7, 11) is 2.67. The highest BCUT2D eigenvalue weighted by atomic mass is 19.1. The summed E-state index contributed by atoms with van der Waals surface area (Å²) in [5.41, 5.74) is 5.84. The van der Waals surface area contributed by atoms with E-state index in [1.165, 1.54) is 26.4 Å². The summed E-state index contributed by atoms with van der Waals surface area (Å²) in [6.45, 7) is 0. The SMILES string of the molecule is COC(=O)[C@H](N)Cc1c(F)cccc1OC. The van der Waals surface area contributed by atoms with Gasteiger partial charge in [-0.05, 0) is 12.1 Å². The lowest BCUT2D eigenvalue weighted by molar-refractivity contribution is -0.142. The summed E-state index contributed by atoms with van der Waals surface area (Å²) in [5, 5.41) is 0. The maximum Gasteiger partial charge on any atom is 0.322 e. The van der Waals surface area contributed by atoms with Crippen molar-refractivity contribution in [3.63, 3.8) is 0 Å². The maximum absolute atomic E-state index is 13.5. The van der Waals surface area contributed by atoms with Gasteiger partial charge in [0.15, 0.2) is 0 Å². The number of rotatable bonds is 4. The number of hydrogen-bond donors (Lipinski definition) is 1. The van der Waals surface area contributed by atoms with Gasteiger partial charge in [0.1, 0.15) is 17.6 Å². The molecule has 0 bridgehead atoms. The number of methoxy groups -OCH3 is 2. The number of benzene rings is 1. The number of ether oxygens (including phenoxy) is 2. The zero-order valence-electron chi connectivity index (χ0n) is 9.20. The second-order valence-electron chi connectivity index (χ2n) is 3.25. The highest BCUT2D eigenvalue weighted by Crippen LogP contribution is 2.22. The first-order valence-electron chi connectivity index (χ1n) is 4.75. The van der Waals surface area contributed by atoms with Crippen molar-refractivity contribution in [3.05, 3.63) is 29.6 Å². The van der Waals surface area contributed by atoms with Crippen LogP contribution in [0.5, 0.6) is 5.75 Å². The Morgan fingerprint density at radius 3 is 2.75 bits per heavy atom. The quantitative estimate of drug-likeness (QED) is 0.775. The summed E-state index contributed by atoms with van der Waals surface area (Å²) < 4.78 is 22.9. The minimum absolute atomic E-state index is 0.0442. The molecule has 0 aliphatic carbocycles. The molecule has 2 N–H and O–H groups in total. The Morgan fingerprint density at radius 2 is 2.19 bits per heavy atom. The topological polar surface area (TPSA) is 61.5 Å². The number of hydrogen-bond acceptors (Lipinski definition) is 4. The fourth-order valence-electron chi connectivity index (χ4n) is 1.38. The molecule has 5 heteroatoms. The third-order valence-corrected chi connectivity index (χ3v) is 2.22. The Bertz CT molecular complexity index is 381. The van der Waals surface area contributed by atoms with E-state index in [2.05, 4.69) is 4.74 Å². The van der Waals surface area contributed by atoms with E-state index in [0.717, 1.165) is 0 Å². The van der Waals surface area contributed by atoms with Crippen molar-refractivity contribution in [2.24, 2.45) is 5.73 Å². The minimum Gasteiger partial charge on any atom is -0.496 e. The van der Waals surface area contributed by atoms with Crippen LogP contribution in [0.15, 0.2) is 18.2 Å². The first kappa shape index (κ1) is 12.4. The Hall–Kier alpha value is -1.62. The zero-order chi connectivity index (χ0) is 12.1. The van der Waals surface area contributed by atoms with Gasteiger partial charge in [0.25, 0.3) is 0 Å². The van der Waals surface area contributed by atoms with Crippen molar-refractivity contribution < 1.29 is 18.7 Å². The predicted molar refractivity (Wildman–Crippen MR) is 56.6 cm³/mol. The van der Waals surface area contributed by atoms with Crippen molar-refractivity contribution in [2.45, 2.75) is 12.5 Å². The molecule has 0 saturated heterocycles. The van der Waals surface area contributed by atoms with E-state index in [9.17, 15) is 9.18 Å². The van der Waals surface area contributed by atoms with E-state index in [0.29, 0.717) is 5.75 Å². The molecular weight excluding hydrogens is 213 g/mol. The zero-order valence-corrected chi connectivity index (χ0v) is 9.20. The van der Waals surface area contributed by atoms with Gasteiger partial charge in [-0.1, -0.05) is 6.07 Å². The van der Waals surface area contributed by atoms with E-state index in [1.807, 2.05) is 0 Å². The van der Waals surface area contributed by atoms with Crippen LogP contribution in [-0.4, -0.2) is 26.2 Å². The van der Waals surface area contributed by atoms with Gasteiger partial charge < -0.3 is 15.2 Å². The summed E-state index contributed by atoms with van der Waals surface area (Å²) >= 11 is 0. The van der Waals surface area contributed by atoms with Crippen molar-refractivity contribution in [1.29, 1.82) is 0 Å². The van der Waals surface area contributed by atoms with Gasteiger partial charge in [-0.15, -0.1) is 0 Å². The van der Waals surface area contributed by atoms with E-state index >= 15 is 0 Å². The number of carbonyl (C=O) groups excluding carboxylic acids is 1. The highest BCUT2D eigenvalue weighted by Gasteiger charge is 2.19. The van der Waals surface area contributed by atoms with Crippen LogP contribution in [0.3, 0.4) is 0 Å². The van der Waals surface area contributed by atoms with E-state index in [1.54, 1.807) is 6.07 Å². The average molecular weight is 227 g/mol. The van der Waals surface area contributed by atoms with Crippen LogP contribution in [0.1, 0.15) is 5.56 Å². The molecule has 0 amide bonds. The predicted octanol–water partition coefficient (Wildman–Crippen LogP) is 0.877. The summed E-state index contributed by atoms with van der Waals surface area (Å²) in [5.74, 6) is -0.650.